The molecule has 19 heavy (non-hydrogen) atoms. The Morgan fingerprint density at radius 1 is 1.42 bits per heavy atom. The average molecular weight is 284 g/mol. The maximum atomic E-state index is 12.4. The fourth-order valence-electron chi connectivity index (χ4n) is 2.30. The number of anilines is 1. The minimum Gasteiger partial charge on any atom is -0.495 e. The van der Waals surface area contributed by atoms with Crippen LogP contribution in [-0.4, -0.2) is 40.9 Å². The zero-order valence-corrected chi connectivity index (χ0v) is 12.1. The van der Waals surface area contributed by atoms with Crippen LogP contribution >= 0.6 is 0 Å². The molecular weight excluding hydrogens is 264 g/mol. The third-order valence-electron chi connectivity index (χ3n) is 3.42. The topological polar surface area (TPSA) is 58.6 Å². The molecule has 5 nitrogen and oxygen atoms in total. The van der Waals surface area contributed by atoms with E-state index in [9.17, 15) is 8.42 Å². The number of ether oxygens (including phenoxy) is 1. The van der Waals surface area contributed by atoms with E-state index >= 15 is 0 Å². The van der Waals surface area contributed by atoms with Gasteiger partial charge in [0.2, 0.25) is 10.0 Å². The molecule has 0 amide bonds. The molecule has 0 saturated carbocycles. The van der Waals surface area contributed by atoms with Crippen LogP contribution in [0.1, 0.15) is 12.8 Å². The number of methoxy groups -OCH3 is 1. The minimum absolute atomic E-state index is 0.0576. The van der Waals surface area contributed by atoms with Crippen LogP contribution in [-0.2, 0) is 10.0 Å². The summed E-state index contributed by atoms with van der Waals surface area (Å²) in [6.45, 7) is 0.901. The van der Waals surface area contributed by atoms with Gasteiger partial charge in [0.15, 0.2) is 0 Å². The van der Waals surface area contributed by atoms with Crippen LogP contribution in [0.4, 0.5) is 5.69 Å². The van der Waals surface area contributed by atoms with Crippen molar-refractivity contribution < 1.29 is 13.2 Å². The van der Waals surface area contributed by atoms with E-state index in [-0.39, 0.29) is 11.8 Å². The zero-order valence-electron chi connectivity index (χ0n) is 11.3. The van der Waals surface area contributed by atoms with Crippen molar-refractivity contribution in [2.24, 2.45) is 0 Å². The first kappa shape index (κ1) is 14.1. The van der Waals surface area contributed by atoms with Gasteiger partial charge in [0.05, 0.1) is 18.6 Å². The highest BCUT2D eigenvalue weighted by molar-refractivity contribution is 7.92. The summed E-state index contributed by atoms with van der Waals surface area (Å²) in [4.78, 5) is 0. The van der Waals surface area contributed by atoms with Crippen molar-refractivity contribution in [3.63, 3.8) is 0 Å². The number of nitrogens with one attached hydrogen (secondary N) is 1. The van der Waals surface area contributed by atoms with Crippen LogP contribution in [0.3, 0.4) is 0 Å². The second-order valence-electron chi connectivity index (χ2n) is 4.71. The number of hydrogen-bond donors (Lipinski definition) is 1. The normalized spacial score (nSPS) is 19.4. The molecule has 1 aromatic rings. The van der Waals surface area contributed by atoms with Crippen LogP contribution in [0.15, 0.2) is 24.3 Å². The van der Waals surface area contributed by atoms with Crippen LogP contribution in [0.25, 0.3) is 0 Å². The van der Waals surface area contributed by atoms with Gasteiger partial charge < -0.3 is 10.1 Å². The van der Waals surface area contributed by atoms with E-state index in [0.717, 1.165) is 19.4 Å². The molecule has 1 unspecified atom stereocenters. The fraction of sp³-hybridized carbons (Fsp3) is 0.538. The number of sulfonamides is 1. The lowest BCUT2D eigenvalue weighted by Crippen LogP contribution is -2.37. The van der Waals surface area contributed by atoms with Crippen molar-refractivity contribution >= 4 is 15.7 Å². The number of benzene rings is 1. The van der Waals surface area contributed by atoms with Crippen molar-refractivity contribution in [3.05, 3.63) is 24.3 Å². The summed E-state index contributed by atoms with van der Waals surface area (Å²) in [6, 6.07) is 7.19. The summed E-state index contributed by atoms with van der Waals surface area (Å²) in [6.07, 6.45) is 1.96. The molecule has 2 rings (SSSR count). The summed E-state index contributed by atoms with van der Waals surface area (Å²) in [5, 5.41) is 3.21. The molecule has 1 aliphatic heterocycles. The van der Waals surface area contributed by atoms with Gasteiger partial charge in [-0.2, -0.15) is 0 Å². The first-order valence-corrected chi connectivity index (χ1v) is 7.98. The Balaban J connectivity index is 2.19. The largest absolute Gasteiger partial charge is 0.495 e. The molecule has 106 valence electrons. The molecule has 1 fully saturated rings. The Morgan fingerprint density at radius 3 is 2.79 bits per heavy atom. The Kier molecular flexibility index (Phi) is 4.31. The van der Waals surface area contributed by atoms with E-state index in [0.29, 0.717) is 11.4 Å². The Labute approximate surface area is 114 Å². The lowest BCUT2D eigenvalue weighted by Gasteiger charge is -2.23. The summed E-state index contributed by atoms with van der Waals surface area (Å²) in [7, 11) is -0.227. The van der Waals surface area contributed by atoms with Gasteiger partial charge in [0.1, 0.15) is 5.75 Å². The fourth-order valence-corrected chi connectivity index (χ4v) is 3.77. The maximum absolute atomic E-state index is 12.4. The number of nitrogens with zero attached hydrogens (tertiary/aromatic N) is 1. The third-order valence-corrected chi connectivity index (χ3v) is 5.27. The highest BCUT2D eigenvalue weighted by atomic mass is 32.2. The van der Waals surface area contributed by atoms with E-state index in [1.807, 2.05) is 6.07 Å². The van der Waals surface area contributed by atoms with Crippen molar-refractivity contribution in [1.29, 1.82) is 0 Å². The second-order valence-corrected chi connectivity index (χ2v) is 6.76. The van der Waals surface area contributed by atoms with Crippen molar-refractivity contribution in [3.8, 4) is 5.75 Å². The molecular formula is C13H20N2O3S. The van der Waals surface area contributed by atoms with E-state index in [4.69, 9.17) is 4.74 Å². The molecule has 1 atom stereocenters. The SMILES string of the molecule is COc1ccccc1N(C)S(=O)(=O)CC1CCCN1. The number of hydrogen-bond acceptors (Lipinski definition) is 4. The lowest BCUT2D eigenvalue weighted by atomic mass is 10.3. The molecule has 0 spiro atoms. The maximum Gasteiger partial charge on any atom is 0.236 e. The smallest absolute Gasteiger partial charge is 0.236 e. The van der Waals surface area contributed by atoms with E-state index in [1.54, 1.807) is 25.2 Å². The van der Waals surface area contributed by atoms with Gasteiger partial charge in [-0.15, -0.1) is 0 Å². The first-order valence-electron chi connectivity index (χ1n) is 6.37. The van der Waals surface area contributed by atoms with Gasteiger partial charge in [-0.1, -0.05) is 12.1 Å². The minimum atomic E-state index is -3.34. The predicted octanol–water partition coefficient (Wildman–Crippen LogP) is 1.21. The van der Waals surface area contributed by atoms with Gasteiger partial charge in [-0.05, 0) is 31.5 Å². The average Bonchev–Trinajstić information content (AvgIpc) is 2.89. The molecule has 6 heteroatoms. The van der Waals surface area contributed by atoms with E-state index < -0.39 is 10.0 Å². The summed E-state index contributed by atoms with van der Waals surface area (Å²) >= 11 is 0. The van der Waals surface area contributed by atoms with Crippen LogP contribution in [0, 0.1) is 0 Å². The zero-order chi connectivity index (χ0) is 13.9. The predicted molar refractivity (Wildman–Crippen MR) is 76.2 cm³/mol. The Bertz CT molecular complexity index is 524. The van der Waals surface area contributed by atoms with Gasteiger partial charge in [-0.3, -0.25) is 4.31 Å². The van der Waals surface area contributed by atoms with Gasteiger partial charge >= 0.3 is 0 Å². The Hall–Kier alpha value is -1.27. The van der Waals surface area contributed by atoms with Crippen LogP contribution in [0.2, 0.25) is 0 Å². The molecule has 0 aliphatic carbocycles. The molecule has 1 aromatic carbocycles. The van der Waals surface area contributed by atoms with Crippen molar-refractivity contribution in [2.45, 2.75) is 18.9 Å². The molecule has 0 aromatic heterocycles. The van der Waals surface area contributed by atoms with Crippen LogP contribution in [0.5, 0.6) is 5.75 Å². The summed E-state index contributed by atoms with van der Waals surface area (Å²) in [5.74, 6) is 0.689. The van der Waals surface area contributed by atoms with Gasteiger partial charge in [-0.25, -0.2) is 8.42 Å². The first-order chi connectivity index (χ1) is 9.04. The summed E-state index contributed by atoms with van der Waals surface area (Å²) in [5.41, 5.74) is 0.572. The molecule has 0 bridgehead atoms. The molecule has 1 N–H and O–H groups in total. The third kappa shape index (κ3) is 3.19. The van der Waals surface area contributed by atoms with E-state index in [2.05, 4.69) is 5.32 Å². The molecule has 0 radical (unpaired) electrons. The van der Waals surface area contributed by atoms with Crippen molar-refractivity contribution in [1.82, 2.24) is 5.32 Å². The quantitative estimate of drug-likeness (QED) is 0.883. The van der Waals surface area contributed by atoms with Crippen molar-refractivity contribution in [2.75, 3.05) is 30.8 Å². The monoisotopic (exact) mass is 284 g/mol. The van der Waals surface area contributed by atoms with Gasteiger partial charge in [0, 0.05) is 13.1 Å². The standard InChI is InChI=1S/C13H20N2O3S/c1-15(12-7-3-4-8-13(12)18-2)19(16,17)10-11-6-5-9-14-11/h3-4,7-8,11,14H,5-6,9-10H2,1-2H3. The molecule has 1 saturated heterocycles. The highest BCUT2D eigenvalue weighted by Crippen LogP contribution is 2.29. The van der Waals surface area contributed by atoms with E-state index in [1.165, 1.54) is 11.4 Å². The number of para-hydroxylation sites is 2. The van der Waals surface area contributed by atoms with Crippen LogP contribution < -0.4 is 14.4 Å². The van der Waals surface area contributed by atoms with Gasteiger partial charge in [0.25, 0.3) is 0 Å². The highest BCUT2D eigenvalue weighted by Gasteiger charge is 2.27. The second kappa shape index (κ2) is 5.79. The number of rotatable bonds is 5. The summed E-state index contributed by atoms with van der Waals surface area (Å²) < 4.78 is 31.3. The Morgan fingerprint density at radius 2 is 2.16 bits per heavy atom. The molecule has 1 aliphatic rings. The lowest BCUT2D eigenvalue weighted by molar-refractivity contribution is 0.415. The molecule has 1 heterocycles.